The summed E-state index contributed by atoms with van der Waals surface area (Å²) >= 11 is 12.3. The molecule has 0 aromatic heterocycles. The quantitative estimate of drug-likeness (QED) is 0.713. The second-order valence-electron chi connectivity index (χ2n) is 5.67. The van der Waals surface area contributed by atoms with Crippen LogP contribution in [0.3, 0.4) is 0 Å². The van der Waals surface area contributed by atoms with Crippen LogP contribution in [0.4, 0.5) is 4.79 Å². The van der Waals surface area contributed by atoms with Crippen molar-refractivity contribution < 1.29 is 24.2 Å². The van der Waals surface area contributed by atoms with E-state index in [0.717, 1.165) is 0 Å². The van der Waals surface area contributed by atoms with Crippen LogP contribution in [0.2, 0.25) is 10.0 Å². The molecule has 0 saturated heterocycles. The van der Waals surface area contributed by atoms with Crippen LogP contribution in [-0.2, 0) is 14.3 Å². The third kappa shape index (κ3) is 4.11. The number of esters is 1. The number of amides is 2. The second kappa shape index (κ2) is 8.42. The molecule has 7 nitrogen and oxygen atoms in total. The number of methoxy groups -OCH3 is 1. The molecule has 2 rings (SSSR count). The maximum absolute atomic E-state index is 12.5. The lowest BCUT2D eigenvalue weighted by molar-refractivity contribution is -0.138. The van der Waals surface area contributed by atoms with Crippen molar-refractivity contribution in [2.24, 2.45) is 0 Å². The van der Waals surface area contributed by atoms with E-state index in [1.165, 1.54) is 12.0 Å². The molecule has 1 heterocycles. The summed E-state index contributed by atoms with van der Waals surface area (Å²) in [6, 6.07) is 3.65. The van der Waals surface area contributed by atoms with E-state index in [2.05, 4.69) is 5.32 Å². The molecular weight excluding hydrogens is 383 g/mol. The van der Waals surface area contributed by atoms with Gasteiger partial charge < -0.3 is 15.2 Å². The minimum Gasteiger partial charge on any atom is -0.481 e. The van der Waals surface area contributed by atoms with Gasteiger partial charge in [0.2, 0.25) is 0 Å². The number of ether oxygens (including phenoxy) is 1. The average Bonchev–Trinajstić information content (AvgIpc) is 2.59. The van der Waals surface area contributed by atoms with Crippen molar-refractivity contribution in [3.63, 3.8) is 0 Å². The summed E-state index contributed by atoms with van der Waals surface area (Å²) in [5, 5.41) is 12.0. The van der Waals surface area contributed by atoms with Crippen molar-refractivity contribution >= 4 is 41.2 Å². The SMILES string of the molecule is COC(=O)C1=C(C)N(CCCC(=O)O)C(=O)N[C@H]1c1cccc(Cl)c1Cl. The van der Waals surface area contributed by atoms with Gasteiger partial charge in [-0.05, 0) is 25.0 Å². The number of benzene rings is 1. The van der Waals surface area contributed by atoms with Gasteiger partial charge in [0.1, 0.15) is 0 Å². The zero-order valence-electron chi connectivity index (χ0n) is 14.2. The van der Waals surface area contributed by atoms with Crippen LogP contribution in [0.1, 0.15) is 31.4 Å². The van der Waals surface area contributed by atoms with E-state index < -0.39 is 24.0 Å². The summed E-state index contributed by atoms with van der Waals surface area (Å²) in [6.07, 6.45) is 0.158. The van der Waals surface area contributed by atoms with Crippen LogP contribution in [0.5, 0.6) is 0 Å². The molecule has 0 spiro atoms. The summed E-state index contributed by atoms with van der Waals surface area (Å²) in [5.41, 5.74) is 1.07. The first-order valence-electron chi connectivity index (χ1n) is 7.80. The molecule has 0 saturated carbocycles. The molecule has 1 aromatic rings. The van der Waals surface area contributed by atoms with Gasteiger partial charge in [-0.15, -0.1) is 0 Å². The molecule has 0 aliphatic carbocycles. The zero-order chi connectivity index (χ0) is 19.4. The number of rotatable bonds is 6. The Morgan fingerprint density at radius 1 is 1.35 bits per heavy atom. The molecule has 1 atom stereocenters. The van der Waals surface area contributed by atoms with Gasteiger partial charge in [-0.2, -0.15) is 0 Å². The minimum absolute atomic E-state index is 0.0891. The Bertz CT molecular complexity index is 778. The summed E-state index contributed by atoms with van der Waals surface area (Å²) in [6.45, 7) is 1.76. The third-order valence-electron chi connectivity index (χ3n) is 4.07. The highest BCUT2D eigenvalue weighted by Crippen LogP contribution is 2.37. The number of urea groups is 1. The van der Waals surface area contributed by atoms with Crippen molar-refractivity contribution in [1.29, 1.82) is 0 Å². The lowest BCUT2D eigenvalue weighted by atomic mass is 9.94. The Balaban J connectivity index is 2.46. The number of halogens is 2. The highest BCUT2D eigenvalue weighted by molar-refractivity contribution is 6.42. The number of carboxylic acid groups (broad SMARTS) is 1. The highest BCUT2D eigenvalue weighted by Gasteiger charge is 2.37. The van der Waals surface area contributed by atoms with Gasteiger partial charge in [-0.1, -0.05) is 35.3 Å². The number of carbonyl (C=O) groups excluding carboxylic acids is 2. The zero-order valence-corrected chi connectivity index (χ0v) is 15.7. The van der Waals surface area contributed by atoms with Crippen LogP contribution in [0.15, 0.2) is 29.5 Å². The van der Waals surface area contributed by atoms with Crippen molar-refractivity contribution in [3.8, 4) is 0 Å². The van der Waals surface area contributed by atoms with Gasteiger partial charge in [0, 0.05) is 18.7 Å². The molecule has 140 valence electrons. The predicted octanol–water partition coefficient (Wildman–Crippen LogP) is 3.37. The molecule has 0 unspecified atom stereocenters. The fourth-order valence-electron chi connectivity index (χ4n) is 2.79. The molecule has 26 heavy (non-hydrogen) atoms. The number of carboxylic acids is 1. The molecule has 0 fully saturated rings. The van der Waals surface area contributed by atoms with E-state index in [1.54, 1.807) is 25.1 Å². The topological polar surface area (TPSA) is 95.9 Å². The number of aliphatic carboxylic acids is 1. The summed E-state index contributed by atoms with van der Waals surface area (Å²) in [5.74, 6) is -1.58. The number of hydrogen-bond donors (Lipinski definition) is 2. The largest absolute Gasteiger partial charge is 0.481 e. The van der Waals surface area contributed by atoms with Crippen LogP contribution in [0.25, 0.3) is 0 Å². The minimum atomic E-state index is -0.958. The molecule has 2 N–H and O–H groups in total. The van der Waals surface area contributed by atoms with Crippen molar-refractivity contribution in [1.82, 2.24) is 10.2 Å². The highest BCUT2D eigenvalue weighted by atomic mass is 35.5. The fourth-order valence-corrected chi connectivity index (χ4v) is 3.21. The van der Waals surface area contributed by atoms with E-state index >= 15 is 0 Å². The Kier molecular flexibility index (Phi) is 6.50. The molecule has 1 aliphatic rings. The van der Waals surface area contributed by atoms with Crippen molar-refractivity contribution in [2.75, 3.05) is 13.7 Å². The predicted molar refractivity (Wildman–Crippen MR) is 96.0 cm³/mol. The van der Waals surface area contributed by atoms with Gasteiger partial charge in [0.05, 0.1) is 28.8 Å². The average molecular weight is 401 g/mol. The lowest BCUT2D eigenvalue weighted by Crippen LogP contribution is -2.48. The maximum atomic E-state index is 12.5. The van der Waals surface area contributed by atoms with Crippen LogP contribution in [-0.4, -0.2) is 41.6 Å². The Morgan fingerprint density at radius 2 is 2.04 bits per heavy atom. The Labute approximate surface area is 160 Å². The van der Waals surface area contributed by atoms with Crippen molar-refractivity contribution in [3.05, 3.63) is 45.1 Å². The second-order valence-corrected chi connectivity index (χ2v) is 6.45. The number of carbonyl (C=O) groups is 3. The Hall–Kier alpha value is -2.25. The van der Waals surface area contributed by atoms with E-state index in [9.17, 15) is 14.4 Å². The first-order chi connectivity index (χ1) is 12.3. The summed E-state index contributed by atoms with van der Waals surface area (Å²) in [4.78, 5) is 36.9. The number of nitrogens with one attached hydrogen (secondary N) is 1. The lowest BCUT2D eigenvalue weighted by Gasteiger charge is -2.35. The molecular formula is C17H18Cl2N2O5. The maximum Gasteiger partial charge on any atom is 0.337 e. The standard InChI is InChI=1S/C17H18Cl2N2O5/c1-9-13(16(24)26-2)15(10-5-3-6-11(18)14(10)19)20-17(25)21(9)8-4-7-12(22)23/h3,5-6,15H,4,7-8H2,1-2H3,(H,20,25)(H,22,23)/t15-/m0/s1. The first-order valence-corrected chi connectivity index (χ1v) is 8.56. The third-order valence-corrected chi connectivity index (χ3v) is 4.90. The summed E-state index contributed by atoms with van der Waals surface area (Å²) < 4.78 is 4.86. The molecule has 9 heteroatoms. The van der Waals surface area contributed by atoms with Gasteiger partial charge in [0.15, 0.2) is 0 Å². The van der Waals surface area contributed by atoms with Crippen LogP contribution in [0, 0.1) is 0 Å². The van der Waals surface area contributed by atoms with E-state index in [-0.39, 0.29) is 30.0 Å². The van der Waals surface area contributed by atoms with Gasteiger partial charge in [-0.3, -0.25) is 9.69 Å². The molecule has 0 bridgehead atoms. The number of nitrogens with zero attached hydrogens (tertiary/aromatic N) is 1. The molecule has 2 amide bonds. The normalized spacial score (nSPS) is 17.2. The first kappa shape index (κ1) is 20.1. The van der Waals surface area contributed by atoms with E-state index in [0.29, 0.717) is 16.3 Å². The van der Waals surface area contributed by atoms with E-state index in [4.69, 9.17) is 33.0 Å². The van der Waals surface area contributed by atoms with Crippen molar-refractivity contribution in [2.45, 2.75) is 25.8 Å². The monoisotopic (exact) mass is 400 g/mol. The van der Waals surface area contributed by atoms with Crippen LogP contribution >= 0.6 is 23.2 Å². The van der Waals surface area contributed by atoms with Gasteiger partial charge in [0.25, 0.3) is 0 Å². The summed E-state index contributed by atoms with van der Waals surface area (Å²) in [7, 11) is 1.24. The van der Waals surface area contributed by atoms with Gasteiger partial charge in [-0.25, -0.2) is 9.59 Å². The number of allylic oxidation sites excluding steroid dienone is 1. The number of hydrogen-bond acceptors (Lipinski definition) is 4. The van der Waals surface area contributed by atoms with Gasteiger partial charge >= 0.3 is 18.0 Å². The smallest absolute Gasteiger partial charge is 0.337 e. The Morgan fingerprint density at radius 3 is 2.65 bits per heavy atom. The molecule has 1 aliphatic heterocycles. The molecule has 0 radical (unpaired) electrons. The molecule has 1 aromatic carbocycles. The van der Waals surface area contributed by atoms with Crippen LogP contribution < -0.4 is 5.32 Å². The van der Waals surface area contributed by atoms with E-state index in [1.807, 2.05) is 0 Å². The fraction of sp³-hybridized carbons (Fsp3) is 0.353.